The van der Waals surface area contributed by atoms with E-state index in [1.807, 2.05) is 30.3 Å². The summed E-state index contributed by atoms with van der Waals surface area (Å²) in [5.74, 6) is 1.31. The third-order valence-electron chi connectivity index (χ3n) is 2.81. The molecular formula is C15H11N3OS. The number of benzene rings is 1. The van der Waals surface area contributed by atoms with Crippen molar-refractivity contribution in [3.8, 4) is 11.5 Å². The van der Waals surface area contributed by atoms with E-state index in [9.17, 15) is 0 Å². The normalized spacial score (nSPS) is 10.4. The number of aromatic nitrogens is 2. The molecule has 98 valence electrons. The quantitative estimate of drug-likeness (QED) is 0.748. The Hall–Kier alpha value is -2.53. The summed E-state index contributed by atoms with van der Waals surface area (Å²) in [6, 6.07) is 13.1. The predicted molar refractivity (Wildman–Crippen MR) is 81.9 cm³/mol. The Labute approximate surface area is 121 Å². The largest absolute Gasteiger partial charge is 0.455 e. The van der Waals surface area contributed by atoms with Gasteiger partial charge in [0.25, 0.3) is 0 Å². The van der Waals surface area contributed by atoms with Gasteiger partial charge in [0, 0.05) is 23.8 Å². The zero-order valence-corrected chi connectivity index (χ0v) is 11.3. The van der Waals surface area contributed by atoms with E-state index in [-0.39, 0.29) is 4.99 Å². The Morgan fingerprint density at radius 1 is 1.05 bits per heavy atom. The highest BCUT2D eigenvalue weighted by atomic mass is 32.1. The highest BCUT2D eigenvalue weighted by Gasteiger charge is 2.06. The second kappa shape index (κ2) is 5.22. The Balaban J connectivity index is 2.01. The van der Waals surface area contributed by atoms with Gasteiger partial charge in [-0.15, -0.1) is 0 Å². The molecule has 2 heterocycles. The SMILES string of the molecule is NC(=S)c1cc(Oc2cccc3cccnc23)ccn1. The van der Waals surface area contributed by atoms with Crippen molar-refractivity contribution in [3.63, 3.8) is 0 Å². The molecule has 0 aliphatic rings. The lowest BCUT2D eigenvalue weighted by Crippen LogP contribution is -2.11. The van der Waals surface area contributed by atoms with Gasteiger partial charge in [-0.1, -0.05) is 30.4 Å². The van der Waals surface area contributed by atoms with Gasteiger partial charge >= 0.3 is 0 Å². The average molecular weight is 281 g/mol. The number of hydrogen-bond acceptors (Lipinski definition) is 4. The zero-order valence-electron chi connectivity index (χ0n) is 10.5. The molecule has 0 unspecified atom stereocenters. The number of rotatable bonds is 3. The first-order valence-corrected chi connectivity index (χ1v) is 6.42. The van der Waals surface area contributed by atoms with E-state index in [4.69, 9.17) is 22.7 Å². The van der Waals surface area contributed by atoms with E-state index in [1.54, 1.807) is 24.5 Å². The van der Waals surface area contributed by atoms with Crippen molar-refractivity contribution >= 4 is 28.1 Å². The molecule has 0 amide bonds. The molecule has 0 aliphatic carbocycles. The fourth-order valence-electron chi connectivity index (χ4n) is 1.89. The van der Waals surface area contributed by atoms with Crippen molar-refractivity contribution in [1.29, 1.82) is 0 Å². The van der Waals surface area contributed by atoms with Crippen LogP contribution in [0.4, 0.5) is 0 Å². The van der Waals surface area contributed by atoms with E-state index in [0.29, 0.717) is 17.2 Å². The Morgan fingerprint density at radius 3 is 2.75 bits per heavy atom. The third kappa shape index (κ3) is 2.44. The van der Waals surface area contributed by atoms with Gasteiger partial charge in [-0.25, -0.2) is 0 Å². The van der Waals surface area contributed by atoms with Crippen molar-refractivity contribution in [2.75, 3.05) is 0 Å². The van der Waals surface area contributed by atoms with Crippen molar-refractivity contribution in [2.24, 2.45) is 5.73 Å². The number of pyridine rings is 2. The van der Waals surface area contributed by atoms with Crippen LogP contribution in [0.3, 0.4) is 0 Å². The molecule has 2 aromatic heterocycles. The molecule has 0 radical (unpaired) electrons. The highest BCUT2D eigenvalue weighted by molar-refractivity contribution is 7.80. The smallest absolute Gasteiger partial charge is 0.153 e. The summed E-state index contributed by atoms with van der Waals surface area (Å²) in [5.41, 5.74) is 6.91. The molecule has 4 nitrogen and oxygen atoms in total. The molecule has 20 heavy (non-hydrogen) atoms. The molecule has 0 saturated carbocycles. The van der Waals surface area contributed by atoms with Crippen molar-refractivity contribution in [2.45, 2.75) is 0 Å². The Bertz CT molecular complexity index is 783. The van der Waals surface area contributed by atoms with Crippen LogP contribution in [0, 0.1) is 0 Å². The van der Waals surface area contributed by atoms with Crippen LogP contribution in [0.5, 0.6) is 11.5 Å². The van der Waals surface area contributed by atoms with Crippen LogP contribution in [-0.4, -0.2) is 15.0 Å². The topological polar surface area (TPSA) is 61.0 Å². The third-order valence-corrected chi connectivity index (χ3v) is 3.02. The van der Waals surface area contributed by atoms with Gasteiger partial charge < -0.3 is 10.5 Å². The number of ether oxygens (including phenoxy) is 1. The number of para-hydroxylation sites is 1. The summed E-state index contributed by atoms with van der Waals surface area (Å²) >= 11 is 4.91. The molecule has 3 rings (SSSR count). The lowest BCUT2D eigenvalue weighted by molar-refractivity contribution is 0.486. The number of nitrogens with two attached hydrogens (primary N) is 1. The first-order chi connectivity index (χ1) is 9.74. The first kappa shape index (κ1) is 12.5. The van der Waals surface area contributed by atoms with Gasteiger partial charge in [-0.05, 0) is 18.2 Å². The van der Waals surface area contributed by atoms with Gasteiger partial charge in [0.15, 0.2) is 5.75 Å². The summed E-state index contributed by atoms with van der Waals surface area (Å²) in [6.07, 6.45) is 3.35. The first-order valence-electron chi connectivity index (χ1n) is 6.01. The number of fused-ring (bicyclic) bond motifs is 1. The monoisotopic (exact) mass is 281 g/mol. The molecule has 5 heteroatoms. The molecule has 0 atom stereocenters. The van der Waals surface area contributed by atoms with Crippen LogP contribution in [0.2, 0.25) is 0 Å². The maximum Gasteiger partial charge on any atom is 0.153 e. The summed E-state index contributed by atoms with van der Waals surface area (Å²) in [5, 5.41) is 1.02. The number of hydrogen-bond donors (Lipinski definition) is 1. The van der Waals surface area contributed by atoms with Crippen LogP contribution >= 0.6 is 12.2 Å². The molecule has 2 N–H and O–H groups in total. The van der Waals surface area contributed by atoms with Crippen molar-refractivity contribution in [1.82, 2.24) is 9.97 Å². The van der Waals surface area contributed by atoms with Crippen molar-refractivity contribution in [3.05, 3.63) is 60.6 Å². The van der Waals surface area contributed by atoms with Gasteiger partial charge in [0.05, 0.1) is 0 Å². The molecule has 0 saturated heterocycles. The second-order valence-electron chi connectivity index (χ2n) is 4.17. The second-order valence-corrected chi connectivity index (χ2v) is 4.61. The fourth-order valence-corrected chi connectivity index (χ4v) is 2.01. The summed E-state index contributed by atoms with van der Waals surface area (Å²) < 4.78 is 5.86. The van der Waals surface area contributed by atoms with E-state index in [1.165, 1.54) is 0 Å². The van der Waals surface area contributed by atoms with Gasteiger partial charge in [0.2, 0.25) is 0 Å². The number of thiocarbonyl (C=S) groups is 1. The minimum Gasteiger partial charge on any atom is -0.455 e. The molecule has 3 aromatic rings. The predicted octanol–water partition coefficient (Wildman–Crippen LogP) is 3.06. The molecule has 0 bridgehead atoms. The molecule has 0 fully saturated rings. The summed E-state index contributed by atoms with van der Waals surface area (Å²) in [6.45, 7) is 0. The lowest BCUT2D eigenvalue weighted by atomic mass is 10.2. The van der Waals surface area contributed by atoms with Crippen LogP contribution < -0.4 is 10.5 Å². The highest BCUT2D eigenvalue weighted by Crippen LogP contribution is 2.28. The molecular weight excluding hydrogens is 270 g/mol. The van der Waals surface area contributed by atoms with Crippen LogP contribution in [0.25, 0.3) is 10.9 Å². The zero-order chi connectivity index (χ0) is 13.9. The maximum absolute atomic E-state index is 5.86. The van der Waals surface area contributed by atoms with Crippen molar-refractivity contribution < 1.29 is 4.74 Å². The van der Waals surface area contributed by atoms with Crippen LogP contribution in [0.15, 0.2) is 54.9 Å². The summed E-state index contributed by atoms with van der Waals surface area (Å²) in [7, 11) is 0. The van der Waals surface area contributed by atoms with Crippen LogP contribution in [0.1, 0.15) is 5.69 Å². The maximum atomic E-state index is 5.86. The lowest BCUT2D eigenvalue weighted by Gasteiger charge is -2.08. The van der Waals surface area contributed by atoms with Crippen LogP contribution in [-0.2, 0) is 0 Å². The van der Waals surface area contributed by atoms with E-state index >= 15 is 0 Å². The Kier molecular flexibility index (Phi) is 3.26. The van der Waals surface area contributed by atoms with Gasteiger partial charge in [-0.3, -0.25) is 9.97 Å². The molecule has 0 spiro atoms. The molecule has 1 aromatic carbocycles. The van der Waals surface area contributed by atoms with E-state index < -0.39 is 0 Å². The average Bonchev–Trinajstić information content (AvgIpc) is 2.48. The molecule has 0 aliphatic heterocycles. The number of nitrogens with zero attached hydrogens (tertiary/aromatic N) is 2. The standard InChI is InChI=1S/C15H11N3OS/c16-15(20)12-9-11(6-8-17-12)19-13-5-1-3-10-4-2-7-18-14(10)13/h1-9H,(H2,16,20). The Morgan fingerprint density at radius 2 is 1.90 bits per heavy atom. The summed E-state index contributed by atoms with van der Waals surface area (Å²) in [4.78, 5) is 8.67. The van der Waals surface area contributed by atoms with E-state index in [0.717, 1.165) is 10.9 Å². The van der Waals surface area contributed by atoms with Gasteiger partial charge in [-0.2, -0.15) is 0 Å². The van der Waals surface area contributed by atoms with E-state index in [2.05, 4.69) is 9.97 Å². The van der Waals surface area contributed by atoms with Gasteiger partial charge in [0.1, 0.15) is 21.9 Å². The minimum absolute atomic E-state index is 0.242. The minimum atomic E-state index is 0.242. The fraction of sp³-hybridized carbons (Fsp3) is 0.